The SMILES string of the molecule is C.C.C=C(C)C(=O)N1CCC[C@@H]1C(=O)O.C[C@](O)(CBr)C(=O)O.C[C@]1(CBr)OC(=O)C2CCCN2C1=O.Fc1ccc(S)cc1.O=C(O)[C@H]1CCCN1.[C-]#[N+]c1ccc(N)cc1C(F)(F)F.[C-]#[N+]c1ccc(NC(=O)[C@@](C)(O)CBr)cc1C(F)(F)F.[C-]#[N+]c1ccc(NC(=O)[C@@](C)(O)CSc2ccc(F)cc2)cc1C(F)(F)F. The summed E-state index contributed by atoms with van der Waals surface area (Å²) in [6.07, 6.45) is -9.24. The molecule has 4 fully saturated rings. The second-order valence-corrected chi connectivity index (χ2v) is 28.0. The number of thioether (sulfide) groups is 1. The number of carbonyl (C=O) groups excluding carboxylic acids is 5. The highest BCUT2D eigenvalue weighted by atomic mass is 79.9. The molecule has 5 aromatic carbocycles. The van der Waals surface area contributed by atoms with Crippen molar-refractivity contribution >= 4 is 154 Å². The lowest BCUT2D eigenvalue weighted by Crippen LogP contribution is -2.60. The second kappa shape index (κ2) is 46.4. The molecule has 0 saturated carbocycles. The number of alkyl halides is 12. The maximum absolute atomic E-state index is 13.0. The average Bonchev–Trinajstić information content (AvgIpc) is 1.68. The molecule has 4 amide bonds. The summed E-state index contributed by atoms with van der Waals surface area (Å²) in [6, 6.07) is 18.8. The van der Waals surface area contributed by atoms with E-state index in [0.29, 0.717) is 47.4 Å². The van der Waals surface area contributed by atoms with Crippen molar-refractivity contribution in [1.29, 1.82) is 0 Å². The van der Waals surface area contributed by atoms with Gasteiger partial charge in [-0.05, 0) is 165 Å². The number of carbonyl (C=O) groups is 8. The van der Waals surface area contributed by atoms with Gasteiger partial charge < -0.3 is 66.9 Å². The number of rotatable bonds is 14. The highest BCUT2D eigenvalue weighted by Crippen LogP contribution is 2.41. The van der Waals surface area contributed by atoms with E-state index < -0.39 is 116 Å². The van der Waals surface area contributed by atoms with Crippen molar-refractivity contribution in [1.82, 2.24) is 15.1 Å². The van der Waals surface area contributed by atoms with Crippen molar-refractivity contribution in [2.45, 2.75) is 157 Å². The number of amides is 4. The number of fused-ring (bicyclic) bond motifs is 1. The zero-order valence-corrected chi connectivity index (χ0v) is 65.7. The van der Waals surface area contributed by atoms with E-state index in [0.717, 1.165) is 85.6 Å². The van der Waals surface area contributed by atoms with Gasteiger partial charge in [0.15, 0.2) is 28.3 Å². The monoisotopic (exact) mass is 1840 g/mol. The molecule has 4 heterocycles. The smallest absolute Gasteiger partial charge is 0.407 e. The molecule has 0 bridgehead atoms. The molecule has 4 saturated heterocycles. The van der Waals surface area contributed by atoms with Crippen molar-refractivity contribution in [2.24, 2.45) is 0 Å². The summed E-state index contributed by atoms with van der Waals surface area (Å²) in [5.41, 5.74) is -5.89. The number of aliphatic carboxylic acids is 3. The summed E-state index contributed by atoms with van der Waals surface area (Å²) in [5, 5.41) is 61.6. The van der Waals surface area contributed by atoms with E-state index in [2.05, 4.69) is 97.5 Å². The third kappa shape index (κ3) is 33.6. The van der Waals surface area contributed by atoms with Crippen molar-refractivity contribution in [3.63, 3.8) is 0 Å². The summed E-state index contributed by atoms with van der Waals surface area (Å²) < 4.78 is 144. The topological polar surface area (TPSA) is 349 Å². The first-order valence-electron chi connectivity index (χ1n) is 32.1. The van der Waals surface area contributed by atoms with Crippen molar-refractivity contribution in [3.8, 4) is 0 Å². The lowest BCUT2D eigenvalue weighted by atomic mass is 10.0. The van der Waals surface area contributed by atoms with Crippen LogP contribution in [0.2, 0.25) is 0 Å². The highest BCUT2D eigenvalue weighted by molar-refractivity contribution is 9.09. The number of anilines is 3. The van der Waals surface area contributed by atoms with Crippen LogP contribution < -0.4 is 21.7 Å². The Morgan fingerprint density at radius 2 is 1.09 bits per heavy atom. The summed E-state index contributed by atoms with van der Waals surface area (Å²) in [4.78, 5) is 102. The molecule has 0 radical (unpaired) electrons. The van der Waals surface area contributed by atoms with Gasteiger partial charge in [-0.1, -0.05) is 87.4 Å². The van der Waals surface area contributed by atoms with Gasteiger partial charge in [0.1, 0.15) is 41.0 Å². The first kappa shape index (κ1) is 104. The zero-order valence-electron chi connectivity index (χ0n) is 59.3. The largest absolute Gasteiger partial charge is 0.480 e. The Bertz CT molecular complexity index is 4200. The number of thiol groups is 1. The van der Waals surface area contributed by atoms with Gasteiger partial charge in [0.2, 0.25) is 5.91 Å². The van der Waals surface area contributed by atoms with Gasteiger partial charge in [-0.25, -0.2) is 37.7 Å². The average molecular weight is 1840 g/mol. The zero-order chi connectivity index (χ0) is 85.0. The number of carboxylic acid groups (broad SMARTS) is 3. The van der Waals surface area contributed by atoms with Crippen LogP contribution in [0.5, 0.6) is 0 Å². The second-order valence-electron chi connectivity index (χ2n) is 24.8. The molecule has 4 aliphatic rings. The van der Waals surface area contributed by atoms with Gasteiger partial charge in [0, 0.05) is 61.9 Å². The minimum atomic E-state index is -4.75. The van der Waals surface area contributed by atoms with Gasteiger partial charge in [-0.15, -0.1) is 24.4 Å². The third-order valence-corrected chi connectivity index (χ3v) is 20.1. The molecule has 0 aliphatic carbocycles. The molecule has 4 aliphatic heterocycles. The number of cyclic esters (lactones) is 1. The Kier molecular flexibility index (Phi) is 42.8. The van der Waals surface area contributed by atoms with Gasteiger partial charge in [0.05, 0.1) is 41.7 Å². The van der Waals surface area contributed by atoms with Gasteiger partial charge in [0.25, 0.3) is 17.7 Å². The van der Waals surface area contributed by atoms with Crippen LogP contribution >= 0.6 is 72.2 Å². The maximum atomic E-state index is 13.0. The number of ether oxygens (including phenoxy) is 1. The van der Waals surface area contributed by atoms with E-state index in [1.54, 1.807) is 30.9 Å². The van der Waals surface area contributed by atoms with Crippen LogP contribution in [0.4, 0.5) is 82.4 Å². The number of nitrogen functional groups attached to an aromatic ring is 1. The molecule has 11 N–H and O–H groups in total. The molecule has 9 rings (SSSR count). The molecular formula is C73H83Br3F11N9O15S2. The fourth-order valence-corrected chi connectivity index (χ4v) is 11.0. The Labute approximate surface area is 679 Å². The minimum Gasteiger partial charge on any atom is -0.480 e. The maximum Gasteiger partial charge on any atom is 0.407 e. The van der Waals surface area contributed by atoms with Crippen molar-refractivity contribution in [2.75, 3.05) is 57.7 Å². The Hall–Kier alpha value is -8.92. The van der Waals surface area contributed by atoms with Crippen LogP contribution in [0, 0.1) is 31.4 Å². The van der Waals surface area contributed by atoms with E-state index in [-0.39, 0.29) is 84.0 Å². The van der Waals surface area contributed by atoms with Crippen LogP contribution in [0.1, 0.15) is 105 Å². The number of halogens is 14. The number of hydrogen-bond donors (Lipinski definition) is 11. The van der Waals surface area contributed by atoms with Crippen molar-refractivity contribution in [3.05, 3.63) is 178 Å². The molecule has 24 nitrogen and oxygen atoms in total. The molecule has 620 valence electrons. The van der Waals surface area contributed by atoms with Gasteiger partial charge in [-0.3, -0.25) is 24.0 Å². The normalized spacial score (nSPS) is 18.0. The van der Waals surface area contributed by atoms with Crippen molar-refractivity contribution < 1.29 is 122 Å². The first-order chi connectivity index (χ1) is 51.3. The molecule has 113 heavy (non-hydrogen) atoms. The summed E-state index contributed by atoms with van der Waals surface area (Å²) in [5.74, 6) is -5.93. The molecule has 40 heteroatoms. The molecule has 0 aromatic heterocycles. The summed E-state index contributed by atoms with van der Waals surface area (Å²) in [6.45, 7) is 32.5. The van der Waals surface area contributed by atoms with Gasteiger partial charge in [-0.2, -0.15) is 39.5 Å². The molecule has 5 aromatic rings. The number of nitrogens with one attached hydrogen (secondary N) is 3. The fourth-order valence-electron chi connectivity index (χ4n) is 9.05. The van der Waals surface area contributed by atoms with Crippen LogP contribution in [-0.2, 0) is 61.6 Å². The van der Waals surface area contributed by atoms with Crippen LogP contribution in [0.3, 0.4) is 0 Å². The van der Waals surface area contributed by atoms with Crippen LogP contribution in [0.25, 0.3) is 14.5 Å². The minimum absolute atomic E-state index is 0. The number of benzene rings is 5. The Morgan fingerprint density at radius 1 is 0.655 bits per heavy atom. The fraction of sp³-hybridized carbons (Fsp3) is 0.411. The van der Waals surface area contributed by atoms with E-state index in [9.17, 15) is 96.9 Å². The van der Waals surface area contributed by atoms with E-state index in [1.807, 2.05) is 0 Å². The first-order valence-corrected chi connectivity index (χ1v) is 36.9. The van der Waals surface area contributed by atoms with E-state index >= 15 is 0 Å². The molecule has 7 atom stereocenters. The number of aliphatic hydroxyl groups is 3. The number of hydrogen-bond acceptors (Lipinski definition) is 16. The number of nitrogens with two attached hydrogens (primary N) is 1. The number of morpholine rings is 1. The lowest BCUT2D eigenvalue weighted by molar-refractivity contribution is -0.185. The van der Waals surface area contributed by atoms with Crippen LogP contribution in [0.15, 0.2) is 125 Å². The number of esters is 1. The molecular weight excluding hydrogens is 1760 g/mol. The number of likely N-dealkylation sites (tertiary alicyclic amines) is 1. The van der Waals surface area contributed by atoms with E-state index in [4.69, 9.17) is 50.6 Å². The number of carboxylic acids is 3. The summed E-state index contributed by atoms with van der Waals surface area (Å²) >= 11 is 14.0. The quantitative estimate of drug-likeness (QED) is 0.00719. The van der Waals surface area contributed by atoms with Crippen LogP contribution in [-0.4, -0.2) is 170 Å². The van der Waals surface area contributed by atoms with E-state index in [1.165, 1.54) is 74.2 Å². The molecule has 1 unspecified atom stereocenters. The summed E-state index contributed by atoms with van der Waals surface area (Å²) in [7, 11) is 0. The lowest BCUT2D eigenvalue weighted by Gasteiger charge is -2.39. The standard InChI is InChI=1S/C18H14F4N2O2S.C12H10BrF3N2O2.C9H12BrNO3.C9H13NO3.C8H5F3N2.C6H5FS.C5H9NO2.C4H7BrO3.2CH4/c1-17(26,10-27-13-6-3-11(19)4-7-13)16(25)24-12-5-8-15(23-2)14(9-12)18(20,21)22;1-11(20,6-13)10(19)18-7-3-4-9(17-2)8(5-7)12(14,15)16;1-9(5-10)8(13)11-4-2-3-6(11)7(12)14-9;1-6(2)8(11)10-5-3-4-7(10)9(12)13;1-13-7-3-2-5(12)4-6(7)8(9,10)11;7-5-1-3-6(8)4-2-5;7-5(8)4-2-1-3-6-4;1-4(8,2-5)3(6)7;;/h3-9,26H,10H2,1H3,(H,24,25);3-5,20H,6H2,1H3,(H,18,19);6H,2-5H2,1H3;7H,1,3-5H2,2H3,(H,12,13);2-4H,12H2;1-4,8H;4,6H,1-3H2,(H,7,8);8H,2H2,1H3,(H,6,7);2*1H4/t17-;11-;6?,9-;7-;;;2*4-;;/m0011..10../s1. The third-order valence-electron chi connectivity index (χ3n) is 15.3. The number of nitrogens with zero attached hydrogens (tertiary/aromatic N) is 5. The predicted octanol–water partition coefficient (Wildman–Crippen LogP) is 15.8. The molecule has 0 spiro atoms. The van der Waals surface area contributed by atoms with Gasteiger partial charge >= 0.3 is 42.4 Å². The Balaban J connectivity index is 0.00000131. The Morgan fingerprint density at radius 3 is 1.45 bits per heavy atom. The highest BCUT2D eigenvalue weighted by Gasteiger charge is 2.51. The predicted molar refractivity (Wildman–Crippen MR) is 415 cm³/mol.